The molecule has 0 saturated carbocycles. The second-order valence-corrected chi connectivity index (χ2v) is 6.24. The summed E-state index contributed by atoms with van der Waals surface area (Å²) >= 11 is 2.79. The van der Waals surface area contributed by atoms with Gasteiger partial charge in [0.25, 0.3) is 0 Å². The van der Waals surface area contributed by atoms with Gasteiger partial charge in [-0.15, -0.1) is 0 Å². The first-order valence-electron chi connectivity index (χ1n) is 2.72. The molecule has 3 nitrogen and oxygen atoms in total. The van der Waals surface area contributed by atoms with Crippen molar-refractivity contribution in [2.45, 2.75) is 6.42 Å². The quantitative estimate of drug-likeness (QED) is 0.480. The van der Waals surface area contributed by atoms with Crippen molar-refractivity contribution in [2.75, 3.05) is 20.3 Å². The molecule has 0 aromatic rings. The third-order valence-electron chi connectivity index (χ3n) is 1.01. The number of hydrogen-bond donors (Lipinski definition) is 0. The van der Waals surface area contributed by atoms with E-state index in [-0.39, 0.29) is 0 Å². The van der Waals surface area contributed by atoms with Gasteiger partial charge in [0.1, 0.15) is 0 Å². The zero-order valence-electron chi connectivity index (χ0n) is 5.20. The van der Waals surface area contributed by atoms with Gasteiger partial charge in [0.15, 0.2) is 0 Å². The summed E-state index contributed by atoms with van der Waals surface area (Å²) in [6.07, 6.45) is -1.00. The predicted molar refractivity (Wildman–Crippen MR) is 36.2 cm³/mol. The number of hydrogen-bond acceptors (Lipinski definition) is 3. The molecule has 0 aromatic carbocycles. The first kappa shape index (κ1) is 7.93. The van der Waals surface area contributed by atoms with Crippen LogP contribution in [0.25, 0.3) is 0 Å². The van der Waals surface area contributed by atoms with Gasteiger partial charge in [-0.2, -0.15) is 0 Å². The molecule has 0 radical (unpaired) electrons. The van der Waals surface area contributed by atoms with Crippen LogP contribution in [0.2, 0.25) is 0 Å². The van der Waals surface area contributed by atoms with Crippen LogP contribution in [0.1, 0.15) is 6.42 Å². The Morgan fingerprint density at radius 2 is 2.00 bits per heavy atom. The zero-order chi connectivity index (χ0) is 6.74. The van der Waals surface area contributed by atoms with Crippen molar-refractivity contribution < 1.29 is 13.6 Å². The van der Waals surface area contributed by atoms with Crippen LogP contribution >= 0.6 is 6.19 Å². The van der Waals surface area contributed by atoms with Crippen LogP contribution in [0.4, 0.5) is 0 Å². The van der Waals surface area contributed by atoms with E-state index in [2.05, 4.69) is 15.1 Å². The van der Waals surface area contributed by atoms with E-state index in [4.69, 9.17) is 13.6 Å². The molecule has 0 N–H and O–H groups in total. The summed E-state index contributed by atoms with van der Waals surface area (Å²) in [5.41, 5.74) is 0. The third-order valence-corrected chi connectivity index (χ3v) is 4.72. The molecular formula is C4H9O3PSe. The molecule has 0 aliphatic carbocycles. The van der Waals surface area contributed by atoms with Gasteiger partial charge in [-0.25, -0.2) is 0 Å². The van der Waals surface area contributed by atoms with Crippen LogP contribution in [-0.2, 0) is 13.6 Å². The molecule has 1 aliphatic rings. The Kier molecular flexibility index (Phi) is 2.90. The normalized spacial score (nSPS) is 25.9. The van der Waals surface area contributed by atoms with Gasteiger partial charge in [0, 0.05) is 0 Å². The fraction of sp³-hybridized carbons (Fsp3) is 1.00. The van der Waals surface area contributed by atoms with Crippen LogP contribution in [0.5, 0.6) is 0 Å². The molecule has 0 atom stereocenters. The molecule has 1 rings (SSSR count). The Balaban J connectivity index is 2.47. The number of rotatable bonds is 1. The summed E-state index contributed by atoms with van der Waals surface area (Å²) in [7, 11) is 1.59. The first-order chi connectivity index (χ1) is 4.27. The molecule has 1 aliphatic heterocycles. The standard InChI is InChI=1S/C4H9O3PSe/c1-5-8(9)6-3-2-4-7-8/h2-4H2,1H3. The van der Waals surface area contributed by atoms with E-state index < -0.39 is 6.19 Å². The Labute approximate surface area is 62.1 Å². The third kappa shape index (κ3) is 2.15. The van der Waals surface area contributed by atoms with Gasteiger partial charge in [-0.05, 0) is 0 Å². The monoisotopic (exact) mass is 216 g/mol. The van der Waals surface area contributed by atoms with Crippen molar-refractivity contribution in [3.05, 3.63) is 0 Å². The van der Waals surface area contributed by atoms with Crippen molar-refractivity contribution in [2.24, 2.45) is 0 Å². The Morgan fingerprint density at radius 3 is 2.33 bits per heavy atom. The average Bonchev–Trinajstić information content (AvgIpc) is 1.90. The first-order valence-corrected chi connectivity index (χ1v) is 6.47. The van der Waals surface area contributed by atoms with E-state index in [9.17, 15) is 0 Å². The average molecular weight is 215 g/mol. The topological polar surface area (TPSA) is 27.7 Å². The molecule has 0 bridgehead atoms. The molecule has 1 heterocycles. The van der Waals surface area contributed by atoms with Crippen molar-refractivity contribution in [1.82, 2.24) is 0 Å². The van der Waals surface area contributed by atoms with Gasteiger partial charge >= 0.3 is 61.6 Å². The van der Waals surface area contributed by atoms with Gasteiger partial charge in [-0.3, -0.25) is 0 Å². The summed E-state index contributed by atoms with van der Waals surface area (Å²) in [6.45, 7) is 1.49. The molecule has 0 aromatic heterocycles. The zero-order valence-corrected chi connectivity index (χ0v) is 7.81. The van der Waals surface area contributed by atoms with E-state index in [1.807, 2.05) is 0 Å². The minimum atomic E-state index is -1.97. The van der Waals surface area contributed by atoms with E-state index in [1.54, 1.807) is 7.11 Å². The van der Waals surface area contributed by atoms with E-state index >= 15 is 0 Å². The molecule has 5 heteroatoms. The maximum atomic E-state index is 5.23. The molecule has 1 saturated heterocycles. The molecule has 9 heavy (non-hydrogen) atoms. The fourth-order valence-electron chi connectivity index (χ4n) is 0.554. The second-order valence-electron chi connectivity index (χ2n) is 1.65. The summed E-state index contributed by atoms with van der Waals surface area (Å²) in [6, 6.07) is 0. The summed E-state index contributed by atoms with van der Waals surface area (Å²) in [4.78, 5) is 0. The van der Waals surface area contributed by atoms with Crippen molar-refractivity contribution >= 4 is 21.3 Å². The predicted octanol–water partition coefficient (Wildman–Crippen LogP) is 0.916. The van der Waals surface area contributed by atoms with Gasteiger partial charge in [0.05, 0.1) is 0 Å². The SMILES string of the molecule is COP1(=[Se])OCCCO1. The van der Waals surface area contributed by atoms with Crippen LogP contribution in [-0.4, -0.2) is 35.4 Å². The van der Waals surface area contributed by atoms with E-state index in [0.717, 1.165) is 19.6 Å². The Hall–Kier alpha value is 0.829. The molecular weight excluding hydrogens is 206 g/mol. The van der Waals surface area contributed by atoms with Gasteiger partial charge in [0.2, 0.25) is 0 Å². The van der Waals surface area contributed by atoms with Gasteiger partial charge < -0.3 is 0 Å². The van der Waals surface area contributed by atoms with Crippen molar-refractivity contribution in [3.63, 3.8) is 0 Å². The molecule has 0 spiro atoms. The molecule has 0 amide bonds. The minimum absolute atomic E-state index is 0.745. The summed E-state index contributed by atoms with van der Waals surface area (Å²) in [5.74, 6) is 0. The van der Waals surface area contributed by atoms with Crippen LogP contribution < -0.4 is 0 Å². The van der Waals surface area contributed by atoms with Crippen molar-refractivity contribution in [1.29, 1.82) is 0 Å². The van der Waals surface area contributed by atoms with Gasteiger partial charge in [-0.1, -0.05) is 0 Å². The molecule has 0 unspecified atom stereocenters. The van der Waals surface area contributed by atoms with Crippen molar-refractivity contribution in [3.8, 4) is 0 Å². The van der Waals surface area contributed by atoms with E-state index in [1.165, 1.54) is 0 Å². The maximum absolute atomic E-state index is 5.23. The van der Waals surface area contributed by atoms with E-state index in [0.29, 0.717) is 0 Å². The summed E-state index contributed by atoms with van der Waals surface area (Å²) < 4.78 is 15.4. The summed E-state index contributed by atoms with van der Waals surface area (Å²) in [5, 5.41) is 0. The molecule has 1 fully saturated rings. The Bertz CT molecular complexity index is 128. The van der Waals surface area contributed by atoms with Crippen LogP contribution in [0.3, 0.4) is 0 Å². The molecule has 54 valence electrons. The second kappa shape index (κ2) is 3.29. The fourth-order valence-corrected chi connectivity index (χ4v) is 2.48. The van der Waals surface area contributed by atoms with Crippen LogP contribution in [0, 0.1) is 0 Å². The van der Waals surface area contributed by atoms with Crippen LogP contribution in [0.15, 0.2) is 0 Å². The Morgan fingerprint density at radius 1 is 1.44 bits per heavy atom.